The lowest BCUT2D eigenvalue weighted by molar-refractivity contribution is -0.124. The van der Waals surface area contributed by atoms with Crippen LogP contribution in [0, 0.1) is 6.92 Å². The van der Waals surface area contributed by atoms with E-state index in [1.54, 1.807) is 13.0 Å². The van der Waals surface area contributed by atoms with Crippen molar-refractivity contribution in [1.29, 1.82) is 0 Å². The molecule has 1 amide bonds. The van der Waals surface area contributed by atoms with Crippen molar-refractivity contribution in [2.75, 3.05) is 19.8 Å². The molecule has 1 aromatic carbocycles. The van der Waals surface area contributed by atoms with Crippen molar-refractivity contribution in [2.45, 2.75) is 26.4 Å². The third kappa shape index (κ3) is 5.01. The Kier molecular flexibility index (Phi) is 6.81. The second-order valence-corrected chi connectivity index (χ2v) is 4.87. The molecule has 0 radical (unpaired) electrons. The van der Waals surface area contributed by atoms with E-state index in [9.17, 15) is 14.7 Å². The Bertz CT molecular complexity index is 543. The third-order valence-corrected chi connectivity index (χ3v) is 3.08. The van der Waals surface area contributed by atoms with Gasteiger partial charge in [0.25, 0.3) is 0 Å². The maximum absolute atomic E-state index is 11.0. The van der Waals surface area contributed by atoms with Crippen LogP contribution in [0.15, 0.2) is 12.1 Å². The Morgan fingerprint density at radius 2 is 2.05 bits per heavy atom. The van der Waals surface area contributed by atoms with Gasteiger partial charge in [-0.15, -0.1) is 0 Å². The number of carboxylic acid groups (broad SMARTS) is 1. The van der Waals surface area contributed by atoms with E-state index >= 15 is 0 Å². The average molecular weight is 311 g/mol. The lowest BCUT2D eigenvalue weighted by Crippen LogP contribution is -2.36. The highest BCUT2D eigenvalue weighted by atomic mass is 16.5. The van der Waals surface area contributed by atoms with Crippen molar-refractivity contribution in [3.63, 3.8) is 0 Å². The van der Waals surface area contributed by atoms with Crippen LogP contribution < -0.4 is 10.1 Å². The molecule has 0 aliphatic heterocycles. The molecule has 0 fully saturated rings. The van der Waals surface area contributed by atoms with Crippen molar-refractivity contribution >= 4 is 11.9 Å². The summed E-state index contributed by atoms with van der Waals surface area (Å²) in [7, 11) is 0. The number of carboxylic acids is 1. The van der Waals surface area contributed by atoms with Crippen LogP contribution in [0.3, 0.4) is 0 Å². The zero-order valence-electron chi connectivity index (χ0n) is 12.6. The molecule has 0 heterocycles. The number of rotatable bonds is 8. The summed E-state index contributed by atoms with van der Waals surface area (Å²) in [5.74, 6) is -1.04. The number of nitrogens with one attached hydrogen (secondary N) is 1. The largest absolute Gasteiger partial charge is 0.490 e. The van der Waals surface area contributed by atoms with Crippen LogP contribution in [-0.4, -0.2) is 53.1 Å². The number of aliphatic hydroxyl groups is 2. The number of amides is 1. The van der Waals surface area contributed by atoms with Gasteiger partial charge in [-0.05, 0) is 36.6 Å². The molecule has 0 spiro atoms. The van der Waals surface area contributed by atoms with Crippen LogP contribution in [0.2, 0.25) is 0 Å². The van der Waals surface area contributed by atoms with Gasteiger partial charge in [-0.25, -0.2) is 4.79 Å². The lowest BCUT2D eigenvalue weighted by Gasteiger charge is -2.17. The van der Waals surface area contributed by atoms with Gasteiger partial charge < -0.3 is 25.4 Å². The SMILES string of the molecule is CCc1cc(C(=O)O)cc(C)c1OC[C@H](O)CNC(=O)CO. The molecule has 1 atom stereocenters. The fraction of sp³-hybridized carbons (Fsp3) is 0.467. The van der Waals surface area contributed by atoms with Gasteiger partial charge in [-0.3, -0.25) is 4.79 Å². The highest BCUT2D eigenvalue weighted by molar-refractivity contribution is 5.88. The molecule has 0 bridgehead atoms. The highest BCUT2D eigenvalue weighted by Gasteiger charge is 2.14. The topological polar surface area (TPSA) is 116 Å². The first-order chi connectivity index (χ1) is 10.4. The molecule has 7 heteroatoms. The molecule has 122 valence electrons. The number of aromatic carboxylic acids is 1. The number of hydrogen-bond donors (Lipinski definition) is 4. The summed E-state index contributed by atoms with van der Waals surface area (Å²) in [4.78, 5) is 21.9. The van der Waals surface area contributed by atoms with E-state index in [2.05, 4.69) is 5.32 Å². The molecule has 1 rings (SSSR count). The maximum Gasteiger partial charge on any atom is 0.335 e. The molecule has 4 N–H and O–H groups in total. The number of hydrogen-bond acceptors (Lipinski definition) is 5. The number of aliphatic hydroxyl groups excluding tert-OH is 2. The van der Waals surface area contributed by atoms with Crippen LogP contribution in [0.5, 0.6) is 5.75 Å². The second-order valence-electron chi connectivity index (χ2n) is 4.87. The molecule has 7 nitrogen and oxygen atoms in total. The lowest BCUT2D eigenvalue weighted by atomic mass is 10.0. The number of carbonyl (C=O) groups is 2. The monoisotopic (exact) mass is 311 g/mol. The van der Waals surface area contributed by atoms with Crippen LogP contribution >= 0.6 is 0 Å². The Balaban J connectivity index is 2.73. The second kappa shape index (κ2) is 8.35. The van der Waals surface area contributed by atoms with E-state index in [-0.39, 0.29) is 18.7 Å². The minimum Gasteiger partial charge on any atom is -0.490 e. The van der Waals surface area contributed by atoms with Crippen molar-refractivity contribution in [3.05, 3.63) is 28.8 Å². The van der Waals surface area contributed by atoms with Crippen molar-refractivity contribution in [2.24, 2.45) is 0 Å². The van der Waals surface area contributed by atoms with E-state index in [4.69, 9.17) is 14.9 Å². The predicted octanol–water partition coefficient (Wildman–Crippen LogP) is 0.104. The number of carbonyl (C=O) groups excluding carboxylic acids is 1. The van der Waals surface area contributed by atoms with Crippen molar-refractivity contribution in [1.82, 2.24) is 5.32 Å². The first-order valence-electron chi connectivity index (χ1n) is 6.94. The van der Waals surface area contributed by atoms with Gasteiger partial charge in [0.15, 0.2) is 0 Å². The van der Waals surface area contributed by atoms with Crippen LogP contribution in [0.1, 0.15) is 28.4 Å². The summed E-state index contributed by atoms with van der Waals surface area (Å²) < 4.78 is 5.56. The third-order valence-electron chi connectivity index (χ3n) is 3.08. The van der Waals surface area contributed by atoms with Crippen LogP contribution in [-0.2, 0) is 11.2 Å². The normalized spacial score (nSPS) is 11.8. The number of ether oxygens (including phenoxy) is 1. The minimum absolute atomic E-state index is 0.0346. The highest BCUT2D eigenvalue weighted by Crippen LogP contribution is 2.26. The van der Waals surface area contributed by atoms with Gasteiger partial charge >= 0.3 is 5.97 Å². The Labute approximate surface area is 128 Å². The summed E-state index contributed by atoms with van der Waals surface area (Å²) >= 11 is 0. The fourth-order valence-electron chi connectivity index (χ4n) is 1.97. The molecule has 0 aliphatic carbocycles. The van der Waals surface area contributed by atoms with Gasteiger partial charge in [0.2, 0.25) is 5.91 Å². The minimum atomic E-state index is -1.00. The molecule has 0 saturated heterocycles. The molecule has 0 saturated carbocycles. The molecule has 0 unspecified atom stereocenters. The summed E-state index contributed by atoms with van der Waals surface area (Å²) in [6.45, 7) is 2.90. The van der Waals surface area contributed by atoms with E-state index in [0.29, 0.717) is 17.7 Å². The predicted molar refractivity (Wildman–Crippen MR) is 79.1 cm³/mol. The standard InChI is InChI=1S/C15H21NO6/c1-3-10-5-11(15(20)21)4-9(2)14(10)22-8-12(18)6-16-13(19)7-17/h4-5,12,17-18H,3,6-8H2,1-2H3,(H,16,19)(H,20,21)/t12-/m1/s1. The zero-order chi connectivity index (χ0) is 16.7. The van der Waals surface area contributed by atoms with Gasteiger partial charge in [-0.2, -0.15) is 0 Å². The Morgan fingerprint density at radius 1 is 1.36 bits per heavy atom. The average Bonchev–Trinajstić information content (AvgIpc) is 2.50. The van der Waals surface area contributed by atoms with E-state index in [0.717, 1.165) is 5.56 Å². The summed E-state index contributed by atoms with van der Waals surface area (Å²) in [6, 6.07) is 3.06. The van der Waals surface area contributed by atoms with E-state index in [1.807, 2.05) is 6.92 Å². The van der Waals surface area contributed by atoms with Gasteiger partial charge in [0.1, 0.15) is 25.1 Å². The molecule has 0 aromatic heterocycles. The Morgan fingerprint density at radius 3 is 2.59 bits per heavy atom. The van der Waals surface area contributed by atoms with Gasteiger partial charge in [0, 0.05) is 6.54 Å². The Hall–Kier alpha value is -2.12. The quantitative estimate of drug-likeness (QED) is 0.541. The molecule has 22 heavy (non-hydrogen) atoms. The smallest absolute Gasteiger partial charge is 0.335 e. The summed E-state index contributed by atoms with van der Waals surface area (Å²) in [5.41, 5.74) is 1.60. The molecular formula is C15H21NO6. The van der Waals surface area contributed by atoms with E-state index in [1.165, 1.54) is 6.07 Å². The zero-order valence-corrected chi connectivity index (χ0v) is 12.6. The molecule has 0 aliphatic rings. The van der Waals surface area contributed by atoms with Crippen LogP contribution in [0.4, 0.5) is 0 Å². The summed E-state index contributed by atoms with van der Waals surface area (Å²) in [5, 5.41) is 29.7. The number of benzene rings is 1. The van der Waals surface area contributed by atoms with Crippen molar-refractivity contribution in [3.8, 4) is 5.75 Å². The van der Waals surface area contributed by atoms with E-state index < -0.39 is 24.6 Å². The fourth-order valence-corrected chi connectivity index (χ4v) is 1.97. The number of aryl methyl sites for hydroxylation is 2. The van der Waals surface area contributed by atoms with Crippen LogP contribution in [0.25, 0.3) is 0 Å². The first-order valence-corrected chi connectivity index (χ1v) is 6.94. The first kappa shape index (κ1) is 17.9. The molecule has 1 aromatic rings. The maximum atomic E-state index is 11.0. The summed E-state index contributed by atoms with van der Waals surface area (Å²) in [6.07, 6.45) is -0.340. The van der Waals surface area contributed by atoms with Gasteiger partial charge in [0.05, 0.1) is 5.56 Å². The van der Waals surface area contributed by atoms with Gasteiger partial charge in [-0.1, -0.05) is 6.92 Å². The van der Waals surface area contributed by atoms with Crippen molar-refractivity contribution < 1.29 is 29.6 Å². The molecular weight excluding hydrogens is 290 g/mol.